The van der Waals surface area contributed by atoms with E-state index in [0.29, 0.717) is 19.4 Å². The van der Waals surface area contributed by atoms with Gasteiger partial charge in [-0.05, 0) is 40.5 Å². The zero-order valence-electron chi connectivity index (χ0n) is 16.5. The van der Waals surface area contributed by atoms with Crippen LogP contribution < -0.4 is 15.4 Å². The van der Waals surface area contributed by atoms with E-state index in [1.807, 2.05) is 6.92 Å². The van der Waals surface area contributed by atoms with Crippen molar-refractivity contribution in [2.45, 2.75) is 71.4 Å². The van der Waals surface area contributed by atoms with E-state index in [9.17, 15) is 18.0 Å². The first-order valence-electron chi connectivity index (χ1n) is 9.15. The lowest BCUT2D eigenvalue weighted by Gasteiger charge is -2.41. The molecule has 0 aromatic carbocycles. The highest BCUT2D eigenvalue weighted by Gasteiger charge is 2.42. The summed E-state index contributed by atoms with van der Waals surface area (Å²) >= 11 is 0. The van der Waals surface area contributed by atoms with Crippen molar-refractivity contribution in [3.05, 3.63) is 0 Å². The average molecular weight is 392 g/mol. The predicted octanol–water partition coefficient (Wildman–Crippen LogP) is 1.52. The standard InChI is InChI=1S/C17H33N3O5S/c1-6-19-26(23,24)12-11-18-14(21)13-9-7-8-10-17(13,5)20-15(22)25-16(2,3)4/h13,19H,6-12H2,1-5H3,(H,18,21)(H,20,22)/t13-,17+/m0/s1. The zero-order valence-corrected chi connectivity index (χ0v) is 17.3. The van der Waals surface area contributed by atoms with Crippen molar-refractivity contribution < 1.29 is 22.7 Å². The minimum atomic E-state index is -3.38. The quantitative estimate of drug-likeness (QED) is 0.609. The Morgan fingerprint density at radius 2 is 1.88 bits per heavy atom. The van der Waals surface area contributed by atoms with Crippen LogP contribution in [-0.2, 0) is 19.6 Å². The van der Waals surface area contributed by atoms with Gasteiger partial charge in [0.15, 0.2) is 0 Å². The molecule has 9 heteroatoms. The Labute approximate surface area is 156 Å². The third kappa shape index (κ3) is 7.49. The Kier molecular flexibility index (Phi) is 7.88. The smallest absolute Gasteiger partial charge is 0.408 e. The lowest BCUT2D eigenvalue weighted by Crippen LogP contribution is -2.58. The fourth-order valence-electron chi connectivity index (χ4n) is 3.16. The van der Waals surface area contributed by atoms with Crippen LogP contribution in [0.15, 0.2) is 0 Å². The van der Waals surface area contributed by atoms with Crippen LogP contribution in [-0.4, -0.2) is 50.4 Å². The van der Waals surface area contributed by atoms with Gasteiger partial charge in [-0.15, -0.1) is 0 Å². The molecule has 1 aliphatic carbocycles. The van der Waals surface area contributed by atoms with Crippen LogP contribution in [0.25, 0.3) is 0 Å². The summed E-state index contributed by atoms with van der Waals surface area (Å²) in [7, 11) is -3.38. The van der Waals surface area contributed by atoms with Crippen LogP contribution >= 0.6 is 0 Å². The summed E-state index contributed by atoms with van der Waals surface area (Å²) in [4.78, 5) is 24.8. The highest BCUT2D eigenvalue weighted by molar-refractivity contribution is 7.89. The van der Waals surface area contributed by atoms with Gasteiger partial charge in [0.2, 0.25) is 15.9 Å². The second kappa shape index (κ2) is 9.03. The van der Waals surface area contributed by atoms with Gasteiger partial charge >= 0.3 is 6.09 Å². The molecule has 0 aromatic heterocycles. The molecule has 0 saturated heterocycles. The summed E-state index contributed by atoms with van der Waals surface area (Å²) in [5.41, 5.74) is -1.33. The molecule has 8 nitrogen and oxygen atoms in total. The van der Waals surface area contributed by atoms with Gasteiger partial charge in [-0.3, -0.25) is 4.79 Å². The van der Waals surface area contributed by atoms with Crippen molar-refractivity contribution in [3.8, 4) is 0 Å². The van der Waals surface area contributed by atoms with E-state index in [4.69, 9.17) is 4.74 Å². The number of rotatable bonds is 7. The normalized spacial score (nSPS) is 24.0. The fourth-order valence-corrected chi connectivity index (χ4v) is 4.12. The summed E-state index contributed by atoms with van der Waals surface area (Å²) in [6.45, 7) is 9.24. The molecule has 1 saturated carbocycles. The van der Waals surface area contributed by atoms with Crippen LogP contribution in [0.3, 0.4) is 0 Å². The van der Waals surface area contributed by atoms with Gasteiger partial charge in [0, 0.05) is 13.1 Å². The molecule has 0 aliphatic heterocycles. The van der Waals surface area contributed by atoms with Gasteiger partial charge in [-0.25, -0.2) is 17.9 Å². The second-order valence-electron chi connectivity index (χ2n) is 7.95. The van der Waals surface area contributed by atoms with Crippen LogP contribution in [0.4, 0.5) is 4.79 Å². The minimum absolute atomic E-state index is 0.0349. The van der Waals surface area contributed by atoms with Gasteiger partial charge in [0.1, 0.15) is 5.60 Å². The molecule has 1 fully saturated rings. The topological polar surface area (TPSA) is 114 Å². The Hall–Kier alpha value is -1.35. The molecule has 1 rings (SSSR count). The van der Waals surface area contributed by atoms with Gasteiger partial charge < -0.3 is 15.4 Å². The van der Waals surface area contributed by atoms with Crippen molar-refractivity contribution in [2.75, 3.05) is 18.8 Å². The molecule has 26 heavy (non-hydrogen) atoms. The van der Waals surface area contributed by atoms with E-state index in [2.05, 4.69) is 15.4 Å². The van der Waals surface area contributed by atoms with Gasteiger partial charge in [0.05, 0.1) is 17.2 Å². The SMILES string of the molecule is CCNS(=O)(=O)CCNC(=O)[C@@H]1CCCC[C@@]1(C)NC(=O)OC(C)(C)C. The Bertz CT molecular complexity index is 600. The monoisotopic (exact) mass is 391 g/mol. The van der Waals surface area contributed by atoms with E-state index in [-0.39, 0.29) is 18.2 Å². The number of hydrogen-bond acceptors (Lipinski definition) is 5. The number of carbonyl (C=O) groups excluding carboxylic acids is 2. The second-order valence-corrected chi connectivity index (χ2v) is 9.88. The molecule has 152 valence electrons. The average Bonchev–Trinajstić information content (AvgIpc) is 2.44. The number of hydrogen-bond donors (Lipinski definition) is 3. The van der Waals surface area contributed by atoms with Crippen molar-refractivity contribution in [2.24, 2.45) is 5.92 Å². The largest absolute Gasteiger partial charge is 0.444 e. The van der Waals surface area contributed by atoms with Gasteiger partial charge in [0.25, 0.3) is 0 Å². The summed E-state index contributed by atoms with van der Waals surface area (Å²) < 4.78 is 31.0. The number of nitrogens with one attached hydrogen (secondary N) is 3. The summed E-state index contributed by atoms with van der Waals surface area (Å²) in [6, 6.07) is 0. The fraction of sp³-hybridized carbons (Fsp3) is 0.882. The van der Waals surface area contributed by atoms with E-state index in [1.54, 1.807) is 27.7 Å². The number of ether oxygens (including phenoxy) is 1. The van der Waals surface area contributed by atoms with E-state index in [1.165, 1.54) is 0 Å². The van der Waals surface area contributed by atoms with Crippen molar-refractivity contribution >= 4 is 22.0 Å². The van der Waals surface area contributed by atoms with Crippen LogP contribution in [0.5, 0.6) is 0 Å². The molecule has 0 aromatic rings. The van der Waals surface area contributed by atoms with Crippen LogP contribution in [0, 0.1) is 5.92 Å². The van der Waals surface area contributed by atoms with E-state index in [0.717, 1.165) is 12.8 Å². The summed E-state index contributed by atoms with van der Waals surface area (Å²) in [5.74, 6) is -0.837. The lowest BCUT2D eigenvalue weighted by atomic mass is 9.73. The Morgan fingerprint density at radius 3 is 2.46 bits per heavy atom. The van der Waals surface area contributed by atoms with E-state index >= 15 is 0 Å². The maximum absolute atomic E-state index is 12.6. The highest BCUT2D eigenvalue weighted by atomic mass is 32.2. The van der Waals surface area contributed by atoms with Crippen LogP contribution in [0.1, 0.15) is 60.3 Å². The first-order chi connectivity index (χ1) is 11.9. The van der Waals surface area contributed by atoms with Crippen LogP contribution in [0.2, 0.25) is 0 Å². The molecule has 2 amide bonds. The van der Waals surface area contributed by atoms with Crippen molar-refractivity contribution in [3.63, 3.8) is 0 Å². The number of amides is 2. The van der Waals surface area contributed by atoms with Gasteiger partial charge in [-0.1, -0.05) is 19.8 Å². The molecule has 0 unspecified atom stereocenters. The van der Waals surface area contributed by atoms with Crippen molar-refractivity contribution in [1.29, 1.82) is 0 Å². The predicted molar refractivity (Wildman–Crippen MR) is 100 cm³/mol. The maximum Gasteiger partial charge on any atom is 0.408 e. The molecular weight excluding hydrogens is 358 g/mol. The molecule has 2 atom stereocenters. The molecule has 0 radical (unpaired) electrons. The molecule has 0 bridgehead atoms. The minimum Gasteiger partial charge on any atom is -0.444 e. The molecule has 3 N–H and O–H groups in total. The summed E-state index contributed by atoms with van der Waals surface area (Å²) in [5, 5.41) is 5.55. The summed E-state index contributed by atoms with van der Waals surface area (Å²) in [6.07, 6.45) is 2.55. The maximum atomic E-state index is 12.6. The lowest BCUT2D eigenvalue weighted by molar-refractivity contribution is -0.128. The third-order valence-electron chi connectivity index (χ3n) is 4.35. The number of alkyl carbamates (subject to hydrolysis) is 1. The first kappa shape index (κ1) is 22.7. The molecule has 1 aliphatic rings. The number of carbonyl (C=O) groups is 2. The first-order valence-corrected chi connectivity index (χ1v) is 10.8. The van der Waals surface area contributed by atoms with Gasteiger partial charge in [-0.2, -0.15) is 0 Å². The van der Waals surface area contributed by atoms with E-state index < -0.39 is 33.2 Å². The molecular formula is C17H33N3O5S. The Morgan fingerprint density at radius 1 is 1.23 bits per heavy atom. The third-order valence-corrected chi connectivity index (χ3v) is 5.82. The van der Waals surface area contributed by atoms with Crippen molar-refractivity contribution in [1.82, 2.24) is 15.4 Å². The Balaban J connectivity index is 2.68. The zero-order chi connectivity index (χ0) is 20.0. The number of sulfonamides is 1. The molecule has 0 spiro atoms. The highest BCUT2D eigenvalue weighted by Crippen LogP contribution is 2.34. The molecule has 0 heterocycles.